The Balaban J connectivity index is 2.53. The molecule has 1 heterocycles. The second-order valence-corrected chi connectivity index (χ2v) is 8.33. The topological polar surface area (TPSA) is 60.2 Å². The van der Waals surface area contributed by atoms with E-state index in [-0.39, 0.29) is 8.53 Å². The van der Waals surface area contributed by atoms with E-state index in [1.54, 1.807) is 6.07 Å². The van der Waals surface area contributed by atoms with Gasteiger partial charge in [-0.3, -0.25) is 0 Å². The first-order valence-corrected chi connectivity index (χ1v) is 7.67. The minimum absolute atomic E-state index is 0.187. The van der Waals surface area contributed by atoms with E-state index in [0.29, 0.717) is 0 Å². The number of primary sulfonamides is 1. The Bertz CT molecular complexity index is 548. The van der Waals surface area contributed by atoms with Gasteiger partial charge in [-0.05, 0) is 24.6 Å². The summed E-state index contributed by atoms with van der Waals surface area (Å²) < 4.78 is 22.4. The summed E-state index contributed by atoms with van der Waals surface area (Å²) in [6.07, 6.45) is 7.74. The number of fused-ring (bicyclic) bond motifs is 1. The van der Waals surface area contributed by atoms with Crippen LogP contribution < -0.4 is 5.14 Å². The van der Waals surface area contributed by atoms with Crippen molar-refractivity contribution in [3.8, 4) is 0 Å². The van der Waals surface area contributed by atoms with Crippen molar-refractivity contribution in [1.82, 2.24) is 0 Å². The number of rotatable bonds is 1. The Labute approximate surface area is 107 Å². The molecule has 1 atom stereocenters. The van der Waals surface area contributed by atoms with Gasteiger partial charge in [-0.2, -0.15) is 0 Å². The second kappa shape index (κ2) is 3.80. The molecule has 0 aromatic carbocycles. The van der Waals surface area contributed by atoms with E-state index >= 15 is 0 Å². The van der Waals surface area contributed by atoms with Crippen molar-refractivity contribution >= 4 is 49.4 Å². The monoisotopic (exact) mass is 319 g/mol. The first-order chi connectivity index (χ1) is 7.28. The molecule has 3 nitrogen and oxygen atoms in total. The molecule has 6 heteroatoms. The number of hydrogen-bond acceptors (Lipinski definition) is 3. The van der Waals surface area contributed by atoms with Gasteiger partial charge in [0.05, 0.1) is 4.32 Å². The summed E-state index contributed by atoms with van der Waals surface area (Å²) >= 11 is 4.72. The number of alkyl halides is 1. The lowest BCUT2D eigenvalue weighted by Crippen LogP contribution is -2.10. The highest BCUT2D eigenvalue weighted by Crippen LogP contribution is 2.33. The van der Waals surface area contributed by atoms with Gasteiger partial charge in [0.1, 0.15) is 4.21 Å². The van der Waals surface area contributed by atoms with Crippen molar-refractivity contribution in [2.24, 2.45) is 5.14 Å². The van der Waals surface area contributed by atoms with Gasteiger partial charge in [0.25, 0.3) is 0 Å². The van der Waals surface area contributed by atoms with Crippen molar-refractivity contribution in [3.05, 3.63) is 28.7 Å². The number of sulfonamides is 1. The standard InChI is InChI=1S/C10H10BrNO2S2/c1-10(11)4-2-7-6-9(16(12,13)14)15-8(7)3-5-10/h2-6H,1H3,(H2,12,13,14). The fourth-order valence-electron chi connectivity index (χ4n) is 1.34. The summed E-state index contributed by atoms with van der Waals surface area (Å²) in [6.45, 7) is 2.01. The third-order valence-corrected chi connectivity index (χ3v) is 5.26. The molecule has 1 aromatic rings. The van der Waals surface area contributed by atoms with Gasteiger partial charge in [0.15, 0.2) is 0 Å². The van der Waals surface area contributed by atoms with Crippen LogP contribution in [0.25, 0.3) is 12.2 Å². The Hall–Kier alpha value is -0.430. The van der Waals surface area contributed by atoms with Gasteiger partial charge < -0.3 is 0 Å². The predicted molar refractivity (Wildman–Crippen MR) is 71.1 cm³/mol. The highest BCUT2D eigenvalue weighted by Gasteiger charge is 2.19. The Morgan fingerprint density at radius 2 is 2.00 bits per heavy atom. The summed E-state index contributed by atoms with van der Waals surface area (Å²) in [5, 5.41) is 5.09. The van der Waals surface area contributed by atoms with Crippen LogP contribution in [-0.4, -0.2) is 12.7 Å². The number of halogens is 1. The predicted octanol–water partition coefficient (Wildman–Crippen LogP) is 2.59. The molecule has 0 spiro atoms. The van der Waals surface area contributed by atoms with Gasteiger partial charge in [0.2, 0.25) is 10.0 Å². The first-order valence-electron chi connectivity index (χ1n) is 4.52. The summed E-state index contributed by atoms with van der Waals surface area (Å²) in [5.74, 6) is 0. The van der Waals surface area contributed by atoms with E-state index in [0.717, 1.165) is 10.4 Å². The molecule has 0 saturated carbocycles. The summed E-state index contributed by atoms with van der Waals surface area (Å²) in [4.78, 5) is 0.906. The third-order valence-electron chi connectivity index (χ3n) is 2.20. The zero-order chi connectivity index (χ0) is 12.0. The van der Waals surface area contributed by atoms with E-state index in [9.17, 15) is 8.42 Å². The van der Waals surface area contributed by atoms with E-state index in [1.165, 1.54) is 11.3 Å². The van der Waals surface area contributed by atoms with Crippen LogP contribution in [-0.2, 0) is 10.0 Å². The third kappa shape index (κ3) is 2.45. The minimum Gasteiger partial charge on any atom is -0.224 e. The normalized spacial score (nSPS) is 24.2. The van der Waals surface area contributed by atoms with Crippen molar-refractivity contribution in [2.45, 2.75) is 15.5 Å². The fourth-order valence-corrected chi connectivity index (χ4v) is 3.42. The lowest BCUT2D eigenvalue weighted by atomic mass is 10.1. The van der Waals surface area contributed by atoms with Crippen LogP contribution in [0.2, 0.25) is 0 Å². The molecule has 86 valence electrons. The summed E-state index contributed by atoms with van der Waals surface area (Å²) in [7, 11) is -3.60. The highest BCUT2D eigenvalue weighted by atomic mass is 79.9. The molecule has 1 aliphatic rings. The zero-order valence-electron chi connectivity index (χ0n) is 8.48. The molecule has 0 aliphatic heterocycles. The number of thiophene rings is 1. The van der Waals surface area contributed by atoms with Crippen molar-refractivity contribution in [3.63, 3.8) is 0 Å². The lowest BCUT2D eigenvalue weighted by Gasteiger charge is -2.09. The van der Waals surface area contributed by atoms with Crippen LogP contribution >= 0.6 is 27.3 Å². The maximum absolute atomic E-state index is 11.2. The van der Waals surface area contributed by atoms with E-state index in [4.69, 9.17) is 5.14 Å². The van der Waals surface area contributed by atoms with E-state index in [1.807, 2.05) is 31.2 Å². The minimum atomic E-state index is -3.60. The SMILES string of the molecule is CC1(Br)C=Cc2cc(S(N)(=O)=O)sc2C=C1. The van der Waals surface area contributed by atoms with Gasteiger partial charge >= 0.3 is 0 Å². The van der Waals surface area contributed by atoms with Crippen molar-refractivity contribution in [2.75, 3.05) is 0 Å². The number of allylic oxidation sites excluding steroid dienone is 2. The van der Waals surface area contributed by atoms with Crippen molar-refractivity contribution in [1.29, 1.82) is 0 Å². The number of nitrogens with two attached hydrogens (primary N) is 1. The van der Waals surface area contributed by atoms with Crippen LogP contribution in [0.15, 0.2) is 22.4 Å². The molecule has 0 radical (unpaired) electrons. The number of hydrogen-bond donors (Lipinski definition) is 1. The van der Waals surface area contributed by atoms with Crippen LogP contribution in [0.4, 0.5) is 0 Å². The van der Waals surface area contributed by atoms with Gasteiger partial charge in [-0.15, -0.1) is 11.3 Å². The maximum Gasteiger partial charge on any atom is 0.247 e. The molecular weight excluding hydrogens is 310 g/mol. The van der Waals surface area contributed by atoms with Gasteiger partial charge in [-0.25, -0.2) is 13.6 Å². The molecule has 0 fully saturated rings. The zero-order valence-corrected chi connectivity index (χ0v) is 11.7. The molecular formula is C10H10BrNO2S2. The molecule has 0 saturated heterocycles. The van der Waals surface area contributed by atoms with Crippen molar-refractivity contribution < 1.29 is 8.42 Å². The average Bonchev–Trinajstić information content (AvgIpc) is 2.49. The lowest BCUT2D eigenvalue weighted by molar-refractivity contribution is 0.600. The molecule has 2 N–H and O–H groups in total. The molecule has 0 bridgehead atoms. The van der Waals surface area contributed by atoms with Crippen LogP contribution in [0.5, 0.6) is 0 Å². The Morgan fingerprint density at radius 1 is 1.38 bits per heavy atom. The van der Waals surface area contributed by atoms with Gasteiger partial charge in [0, 0.05) is 4.88 Å². The van der Waals surface area contributed by atoms with Crippen LogP contribution in [0.3, 0.4) is 0 Å². The molecule has 1 unspecified atom stereocenters. The largest absolute Gasteiger partial charge is 0.247 e. The summed E-state index contributed by atoms with van der Waals surface area (Å²) in [6, 6.07) is 1.60. The fraction of sp³-hybridized carbons (Fsp3) is 0.200. The van der Waals surface area contributed by atoms with E-state index in [2.05, 4.69) is 15.9 Å². The second-order valence-electron chi connectivity index (χ2n) is 3.75. The molecule has 2 rings (SSSR count). The summed E-state index contributed by atoms with van der Waals surface area (Å²) in [5.41, 5.74) is 0.883. The first kappa shape index (κ1) is 12.0. The van der Waals surface area contributed by atoms with Gasteiger partial charge in [-0.1, -0.05) is 34.2 Å². The Morgan fingerprint density at radius 3 is 2.62 bits per heavy atom. The van der Waals surface area contributed by atoms with Crippen LogP contribution in [0, 0.1) is 0 Å². The van der Waals surface area contributed by atoms with E-state index < -0.39 is 10.0 Å². The smallest absolute Gasteiger partial charge is 0.224 e. The quantitative estimate of drug-likeness (QED) is 0.809. The molecule has 1 aromatic heterocycles. The van der Waals surface area contributed by atoms with Crippen LogP contribution in [0.1, 0.15) is 17.4 Å². The Kier molecular flexibility index (Phi) is 2.86. The maximum atomic E-state index is 11.2. The molecule has 16 heavy (non-hydrogen) atoms. The average molecular weight is 320 g/mol. The molecule has 1 aliphatic carbocycles. The molecule has 0 amide bonds. The highest BCUT2D eigenvalue weighted by molar-refractivity contribution is 9.10.